The molecule has 4 nitrogen and oxygen atoms in total. The summed E-state index contributed by atoms with van der Waals surface area (Å²) < 4.78 is 5.58. The van der Waals surface area contributed by atoms with Gasteiger partial charge in [0.15, 0.2) is 0 Å². The first-order valence-corrected chi connectivity index (χ1v) is 6.64. The fraction of sp³-hybridized carbons (Fsp3) is 0.643. The average molecular weight is 249 g/mol. The molecule has 1 aliphatic rings. The number of methoxy groups -OCH3 is 1. The van der Waals surface area contributed by atoms with E-state index in [2.05, 4.69) is 16.0 Å². The number of hydrogen-bond acceptors (Lipinski definition) is 4. The fourth-order valence-corrected chi connectivity index (χ4v) is 2.51. The normalized spacial score (nSPS) is 19.9. The fourth-order valence-electron chi connectivity index (χ4n) is 2.51. The smallest absolute Gasteiger partial charge is 0.0824 e. The van der Waals surface area contributed by atoms with E-state index in [0.29, 0.717) is 6.54 Å². The van der Waals surface area contributed by atoms with Crippen LogP contribution in [0, 0.1) is 0 Å². The highest BCUT2D eigenvalue weighted by Gasteiger charge is 2.32. The lowest BCUT2D eigenvalue weighted by Gasteiger charge is -2.40. The number of ether oxygens (including phenoxy) is 1. The second kappa shape index (κ2) is 6.27. The molecule has 4 heteroatoms. The molecule has 0 aliphatic carbocycles. The molecule has 0 radical (unpaired) electrons. The van der Waals surface area contributed by atoms with Crippen molar-refractivity contribution in [1.29, 1.82) is 0 Å². The third kappa shape index (κ3) is 3.28. The van der Waals surface area contributed by atoms with Gasteiger partial charge in [0.05, 0.1) is 5.60 Å². The van der Waals surface area contributed by atoms with Crippen LogP contribution in [0.5, 0.6) is 0 Å². The molecule has 100 valence electrons. The highest BCUT2D eigenvalue weighted by atomic mass is 16.5. The molecule has 1 saturated heterocycles. The van der Waals surface area contributed by atoms with E-state index < -0.39 is 0 Å². The van der Waals surface area contributed by atoms with E-state index in [4.69, 9.17) is 10.5 Å². The Hall–Kier alpha value is -0.970. The summed E-state index contributed by atoms with van der Waals surface area (Å²) in [6, 6.07) is 4.13. The van der Waals surface area contributed by atoms with Gasteiger partial charge in [0, 0.05) is 45.7 Å². The van der Waals surface area contributed by atoms with Gasteiger partial charge in [0.1, 0.15) is 0 Å². The highest BCUT2D eigenvalue weighted by Crippen LogP contribution is 2.24. The number of nitrogens with zero attached hydrogens (tertiary/aromatic N) is 2. The summed E-state index contributed by atoms with van der Waals surface area (Å²) in [7, 11) is 1.78. The summed E-state index contributed by atoms with van der Waals surface area (Å²) in [4.78, 5) is 6.63. The van der Waals surface area contributed by atoms with Crippen molar-refractivity contribution in [2.45, 2.75) is 24.9 Å². The lowest BCUT2D eigenvalue weighted by Crippen LogP contribution is -2.50. The van der Waals surface area contributed by atoms with Crippen molar-refractivity contribution in [2.24, 2.45) is 5.73 Å². The Labute approximate surface area is 109 Å². The predicted octanol–water partition coefficient (Wildman–Crippen LogP) is 1.06. The Morgan fingerprint density at radius 2 is 2.22 bits per heavy atom. The van der Waals surface area contributed by atoms with Crippen LogP contribution in [-0.2, 0) is 11.2 Å². The molecule has 0 bridgehead atoms. The van der Waals surface area contributed by atoms with Crippen molar-refractivity contribution in [3.8, 4) is 0 Å². The Morgan fingerprint density at radius 1 is 1.44 bits per heavy atom. The molecule has 0 aromatic carbocycles. The second-order valence-electron chi connectivity index (χ2n) is 5.04. The van der Waals surface area contributed by atoms with Crippen LogP contribution in [0.2, 0.25) is 0 Å². The van der Waals surface area contributed by atoms with Gasteiger partial charge in [-0.25, -0.2) is 0 Å². The number of rotatable bonds is 5. The van der Waals surface area contributed by atoms with Crippen LogP contribution in [0.1, 0.15) is 18.4 Å². The lowest BCUT2D eigenvalue weighted by atomic mass is 9.91. The molecule has 0 spiro atoms. The molecule has 1 aliphatic heterocycles. The van der Waals surface area contributed by atoms with Gasteiger partial charge in [-0.05, 0) is 30.9 Å². The zero-order chi connectivity index (χ0) is 12.8. The molecule has 1 aromatic heterocycles. The molecule has 0 atom stereocenters. The standard InChI is InChI=1S/C14H23N3O/c1-18-14(12-15)5-9-17(10-6-14)8-4-13-3-2-7-16-11-13/h2-3,7,11H,4-6,8-10,12,15H2,1H3. The van der Waals surface area contributed by atoms with Crippen LogP contribution >= 0.6 is 0 Å². The molecule has 0 saturated carbocycles. The topological polar surface area (TPSA) is 51.4 Å². The maximum absolute atomic E-state index is 5.81. The number of hydrogen-bond donors (Lipinski definition) is 1. The maximum Gasteiger partial charge on any atom is 0.0824 e. The number of piperidine rings is 1. The lowest BCUT2D eigenvalue weighted by molar-refractivity contribution is -0.0495. The van der Waals surface area contributed by atoms with Crippen molar-refractivity contribution in [3.63, 3.8) is 0 Å². The SMILES string of the molecule is COC1(CN)CCN(CCc2cccnc2)CC1. The van der Waals surface area contributed by atoms with E-state index in [-0.39, 0.29) is 5.60 Å². The monoisotopic (exact) mass is 249 g/mol. The van der Waals surface area contributed by atoms with E-state index in [0.717, 1.165) is 38.9 Å². The summed E-state index contributed by atoms with van der Waals surface area (Å²) in [5, 5.41) is 0. The number of pyridine rings is 1. The molecule has 2 heterocycles. The van der Waals surface area contributed by atoms with Gasteiger partial charge in [0.25, 0.3) is 0 Å². The minimum Gasteiger partial charge on any atom is -0.377 e. The van der Waals surface area contributed by atoms with Crippen molar-refractivity contribution in [3.05, 3.63) is 30.1 Å². The molecule has 2 rings (SSSR count). The van der Waals surface area contributed by atoms with Crippen molar-refractivity contribution in [2.75, 3.05) is 33.3 Å². The van der Waals surface area contributed by atoms with Crippen molar-refractivity contribution < 1.29 is 4.74 Å². The maximum atomic E-state index is 5.81. The van der Waals surface area contributed by atoms with Gasteiger partial charge in [0.2, 0.25) is 0 Å². The van der Waals surface area contributed by atoms with Gasteiger partial charge in [-0.15, -0.1) is 0 Å². The summed E-state index contributed by atoms with van der Waals surface area (Å²) in [6.07, 6.45) is 6.90. The molecule has 0 amide bonds. The first-order chi connectivity index (χ1) is 8.78. The number of nitrogens with two attached hydrogens (primary N) is 1. The third-order valence-corrected chi connectivity index (χ3v) is 4.01. The minimum absolute atomic E-state index is 0.0786. The summed E-state index contributed by atoms with van der Waals surface area (Å²) in [5.41, 5.74) is 7.03. The highest BCUT2D eigenvalue weighted by molar-refractivity contribution is 5.08. The van der Waals surface area contributed by atoms with E-state index in [1.54, 1.807) is 7.11 Å². The Morgan fingerprint density at radius 3 is 2.78 bits per heavy atom. The quantitative estimate of drug-likeness (QED) is 0.848. The first kappa shape index (κ1) is 13.5. The third-order valence-electron chi connectivity index (χ3n) is 4.01. The summed E-state index contributed by atoms with van der Waals surface area (Å²) in [6.45, 7) is 3.87. The molecule has 0 unspecified atom stereocenters. The first-order valence-electron chi connectivity index (χ1n) is 6.64. The van der Waals surface area contributed by atoms with Crippen molar-refractivity contribution >= 4 is 0 Å². The van der Waals surface area contributed by atoms with Crippen LogP contribution in [0.3, 0.4) is 0 Å². The van der Waals surface area contributed by atoms with Crippen LogP contribution in [0.25, 0.3) is 0 Å². The number of likely N-dealkylation sites (tertiary alicyclic amines) is 1. The van der Waals surface area contributed by atoms with Crippen LogP contribution in [0.15, 0.2) is 24.5 Å². The zero-order valence-corrected chi connectivity index (χ0v) is 11.1. The molecule has 1 aromatic rings. The van der Waals surface area contributed by atoms with E-state index in [9.17, 15) is 0 Å². The van der Waals surface area contributed by atoms with Crippen molar-refractivity contribution in [1.82, 2.24) is 9.88 Å². The molecular weight excluding hydrogens is 226 g/mol. The molecule has 18 heavy (non-hydrogen) atoms. The van der Waals surface area contributed by atoms with Gasteiger partial charge in [-0.1, -0.05) is 6.07 Å². The van der Waals surface area contributed by atoms with E-state index >= 15 is 0 Å². The summed E-state index contributed by atoms with van der Waals surface area (Å²) >= 11 is 0. The molecule has 1 fully saturated rings. The largest absolute Gasteiger partial charge is 0.377 e. The van der Waals surface area contributed by atoms with Gasteiger partial charge in [-0.3, -0.25) is 4.98 Å². The Kier molecular flexibility index (Phi) is 4.69. The van der Waals surface area contributed by atoms with Gasteiger partial charge in [-0.2, -0.15) is 0 Å². The van der Waals surface area contributed by atoms with Crippen LogP contribution in [0.4, 0.5) is 0 Å². The average Bonchev–Trinajstić information content (AvgIpc) is 2.47. The zero-order valence-electron chi connectivity index (χ0n) is 11.1. The second-order valence-corrected chi connectivity index (χ2v) is 5.04. The summed E-state index contributed by atoms with van der Waals surface area (Å²) in [5.74, 6) is 0. The Balaban J connectivity index is 1.77. The molecule has 2 N–H and O–H groups in total. The van der Waals surface area contributed by atoms with Crippen LogP contribution in [-0.4, -0.2) is 48.8 Å². The Bertz CT molecular complexity index is 341. The van der Waals surface area contributed by atoms with E-state index in [1.165, 1.54) is 5.56 Å². The predicted molar refractivity (Wildman–Crippen MR) is 72.4 cm³/mol. The molecular formula is C14H23N3O. The van der Waals surface area contributed by atoms with Gasteiger partial charge >= 0.3 is 0 Å². The van der Waals surface area contributed by atoms with Gasteiger partial charge < -0.3 is 15.4 Å². The van der Waals surface area contributed by atoms with Crippen LogP contribution < -0.4 is 5.73 Å². The van der Waals surface area contributed by atoms with E-state index in [1.807, 2.05) is 18.5 Å². The minimum atomic E-state index is -0.0786. The number of aromatic nitrogens is 1.